The molecule has 5 rings (SSSR count). The van der Waals surface area contributed by atoms with Gasteiger partial charge in [-0.2, -0.15) is 4.57 Å². The minimum absolute atomic E-state index is 0.171. The molecule has 0 saturated carbocycles. The Balaban J connectivity index is 1.91. The van der Waals surface area contributed by atoms with Crippen molar-refractivity contribution in [2.24, 2.45) is 20.0 Å². The van der Waals surface area contributed by atoms with Crippen LogP contribution < -0.4 is 4.57 Å². The summed E-state index contributed by atoms with van der Waals surface area (Å²) >= 11 is 0. The Kier molecular flexibility index (Phi) is 3.15. The van der Waals surface area contributed by atoms with E-state index in [1.807, 2.05) is 94.0 Å². The molecule has 0 amide bonds. The van der Waals surface area contributed by atoms with Gasteiger partial charge >= 0.3 is 0 Å². The van der Waals surface area contributed by atoms with Crippen LogP contribution in [0.25, 0.3) is 38.7 Å². The van der Waals surface area contributed by atoms with E-state index in [1.165, 1.54) is 0 Å². The summed E-state index contributed by atoms with van der Waals surface area (Å²) in [5.74, 6) is 0.708. The molecule has 30 heavy (non-hydrogen) atoms. The Morgan fingerprint density at radius 3 is 2.60 bits per heavy atom. The van der Waals surface area contributed by atoms with Crippen LogP contribution in [-0.2, 0) is 20.5 Å². The van der Waals surface area contributed by atoms with Crippen molar-refractivity contribution >= 4 is 32.8 Å². The lowest BCUT2D eigenvalue weighted by atomic mass is 9.99. The minimum Gasteiger partial charge on any atom is -0.315 e. The fourth-order valence-electron chi connectivity index (χ4n) is 4.61. The van der Waals surface area contributed by atoms with Gasteiger partial charge < -0.3 is 4.57 Å². The highest BCUT2D eigenvalue weighted by Gasteiger charge is 2.27. The lowest BCUT2D eigenvalue weighted by Gasteiger charge is -2.12. The molecule has 3 nitrogen and oxygen atoms in total. The molecule has 2 aromatic carbocycles. The summed E-state index contributed by atoms with van der Waals surface area (Å²) in [6.45, 7) is 3.43. The van der Waals surface area contributed by atoms with Crippen LogP contribution in [0.3, 0.4) is 0 Å². The lowest BCUT2D eigenvalue weighted by Crippen LogP contribution is -2.35. The van der Waals surface area contributed by atoms with Crippen LogP contribution in [0.2, 0.25) is 0 Å². The number of aromatic nitrogens is 3. The van der Waals surface area contributed by atoms with Crippen LogP contribution >= 0.6 is 0 Å². The third-order valence-electron chi connectivity index (χ3n) is 6.14. The van der Waals surface area contributed by atoms with Gasteiger partial charge in [0, 0.05) is 36.4 Å². The Bertz CT molecular complexity index is 1620. The third-order valence-corrected chi connectivity index (χ3v) is 6.14. The zero-order valence-electron chi connectivity index (χ0n) is 23.1. The highest BCUT2D eigenvalue weighted by molar-refractivity contribution is 6.10. The fourth-order valence-corrected chi connectivity index (χ4v) is 4.61. The molecule has 3 heterocycles. The maximum absolute atomic E-state index is 8.69. The molecular weight excluding hydrogens is 366 g/mol. The molecule has 5 aromatic rings. The summed E-state index contributed by atoms with van der Waals surface area (Å²) in [6, 6.07) is 17.7. The second kappa shape index (κ2) is 6.73. The topological polar surface area (TPSA) is 13.7 Å². The van der Waals surface area contributed by atoms with Crippen molar-refractivity contribution in [1.29, 1.82) is 0 Å². The smallest absolute Gasteiger partial charge is 0.288 e. The molecule has 0 atom stereocenters. The molecule has 3 aromatic heterocycles. The Morgan fingerprint density at radius 1 is 1.03 bits per heavy atom. The second-order valence-electron chi connectivity index (χ2n) is 8.36. The molecule has 0 aliphatic rings. The van der Waals surface area contributed by atoms with Crippen molar-refractivity contribution in [1.82, 2.24) is 9.13 Å². The molecule has 0 unspecified atom stereocenters. The van der Waals surface area contributed by atoms with Crippen LogP contribution in [0.1, 0.15) is 37.5 Å². The normalized spacial score (nSPS) is 15.5. The van der Waals surface area contributed by atoms with Gasteiger partial charge in [0.25, 0.3) is 5.82 Å². The average Bonchev–Trinajstić information content (AvgIpc) is 3.25. The van der Waals surface area contributed by atoms with Crippen molar-refractivity contribution in [3.8, 4) is 5.82 Å². The van der Waals surface area contributed by atoms with Crippen LogP contribution in [0, 0.1) is 19.7 Å². The number of rotatable bonds is 3. The minimum atomic E-state index is -2.23. The van der Waals surface area contributed by atoms with Gasteiger partial charge in [-0.25, -0.2) is 4.57 Å². The van der Waals surface area contributed by atoms with E-state index in [0.29, 0.717) is 11.1 Å². The summed E-state index contributed by atoms with van der Waals surface area (Å²) in [4.78, 5) is 0. The van der Waals surface area contributed by atoms with Crippen LogP contribution in [0.4, 0.5) is 0 Å². The zero-order chi connectivity index (χ0) is 25.4. The fraction of sp³-hybridized carbons (Fsp3) is 0.296. The van der Waals surface area contributed by atoms with E-state index in [2.05, 4.69) is 9.13 Å². The van der Waals surface area contributed by atoms with Crippen molar-refractivity contribution in [3.63, 3.8) is 0 Å². The highest BCUT2D eigenvalue weighted by Crippen LogP contribution is 2.36. The lowest BCUT2D eigenvalue weighted by molar-refractivity contribution is -0.638. The van der Waals surface area contributed by atoms with Crippen molar-refractivity contribution in [2.75, 3.05) is 0 Å². The monoisotopic (exact) mass is 401 g/mol. The predicted octanol–water partition coefficient (Wildman–Crippen LogP) is 5.92. The van der Waals surface area contributed by atoms with E-state index in [0.717, 1.165) is 44.4 Å². The SMILES string of the molecule is [2H]C([2H])([2H])c1c(C)n(C)c2c1c1ccccc1n2-c1ccc2c(C([2H])([2H])C(C)C)cccc2[n+]1C. The molecule has 0 bridgehead atoms. The molecule has 0 aliphatic heterocycles. The molecule has 0 aliphatic carbocycles. The Hall–Kier alpha value is -3.07. The van der Waals surface area contributed by atoms with Crippen molar-refractivity contribution < 1.29 is 11.4 Å². The summed E-state index contributed by atoms with van der Waals surface area (Å²) in [6.07, 6.45) is -1.47. The van der Waals surface area contributed by atoms with Gasteiger partial charge in [0.05, 0.1) is 12.4 Å². The molecule has 0 radical (unpaired) electrons. The molecule has 0 saturated heterocycles. The van der Waals surface area contributed by atoms with Gasteiger partial charge in [0.2, 0.25) is 5.65 Å². The molecule has 3 heteroatoms. The summed E-state index contributed by atoms with van der Waals surface area (Å²) in [5, 5.41) is 2.53. The van der Waals surface area contributed by atoms with E-state index in [1.54, 1.807) is 0 Å². The van der Waals surface area contributed by atoms with Gasteiger partial charge in [-0.05, 0) is 61.5 Å². The van der Waals surface area contributed by atoms with Crippen LogP contribution in [-0.4, -0.2) is 9.13 Å². The number of pyridine rings is 1. The Labute approximate surface area is 185 Å². The van der Waals surface area contributed by atoms with E-state index in [-0.39, 0.29) is 5.92 Å². The van der Waals surface area contributed by atoms with Gasteiger partial charge in [-0.15, -0.1) is 0 Å². The first-order valence-corrected chi connectivity index (χ1v) is 10.4. The van der Waals surface area contributed by atoms with E-state index >= 15 is 0 Å². The van der Waals surface area contributed by atoms with E-state index in [4.69, 9.17) is 6.85 Å². The van der Waals surface area contributed by atoms with Crippen molar-refractivity contribution in [2.45, 2.75) is 34.0 Å². The van der Waals surface area contributed by atoms with Crippen molar-refractivity contribution in [3.05, 3.63) is 71.4 Å². The third kappa shape index (κ3) is 2.54. The first kappa shape index (κ1) is 14.0. The predicted molar refractivity (Wildman–Crippen MR) is 126 cm³/mol. The summed E-state index contributed by atoms with van der Waals surface area (Å²) < 4.78 is 48.2. The summed E-state index contributed by atoms with van der Waals surface area (Å²) in [7, 11) is 3.89. The number of aryl methyl sites for hydroxylation is 3. The number of nitrogens with zero attached hydrogens (tertiary/aromatic N) is 3. The van der Waals surface area contributed by atoms with Gasteiger partial charge in [-0.1, -0.05) is 38.1 Å². The quantitative estimate of drug-likeness (QED) is 0.333. The number of para-hydroxylation sites is 1. The highest BCUT2D eigenvalue weighted by atomic mass is 15.2. The number of fused-ring (bicyclic) bond motifs is 4. The maximum Gasteiger partial charge on any atom is 0.288 e. The van der Waals surface area contributed by atoms with Gasteiger partial charge in [0.1, 0.15) is 11.0 Å². The number of benzene rings is 2. The standard InChI is InChI=1S/C27H30N3/c1-17(2)16-20-10-9-13-23-21(20)14-15-25(29(23)6)30-24-12-8-7-11-22(24)26-18(3)19(4)28(5)27(26)30/h7-15,17H,16H2,1-6H3/q+1/i3D3,16D2. The van der Waals surface area contributed by atoms with Crippen LogP contribution in [0.15, 0.2) is 54.6 Å². The largest absolute Gasteiger partial charge is 0.315 e. The van der Waals surface area contributed by atoms with Gasteiger partial charge in [-0.3, -0.25) is 0 Å². The molecule has 152 valence electrons. The molecular formula is C27H30N3+. The van der Waals surface area contributed by atoms with E-state index in [9.17, 15) is 0 Å². The molecule has 0 fully saturated rings. The van der Waals surface area contributed by atoms with Crippen LogP contribution in [0.5, 0.6) is 0 Å². The Morgan fingerprint density at radius 2 is 1.83 bits per heavy atom. The average molecular weight is 402 g/mol. The first-order chi connectivity index (χ1) is 16.4. The molecule has 0 N–H and O–H groups in total. The van der Waals surface area contributed by atoms with E-state index < -0.39 is 13.2 Å². The second-order valence-corrected chi connectivity index (χ2v) is 8.36. The first-order valence-electron chi connectivity index (χ1n) is 12.9. The number of hydrogen-bond acceptors (Lipinski definition) is 0. The maximum atomic E-state index is 8.69. The van der Waals surface area contributed by atoms with Gasteiger partial charge in [0.15, 0.2) is 0 Å². The number of hydrogen-bond donors (Lipinski definition) is 0. The molecule has 0 spiro atoms. The zero-order valence-corrected chi connectivity index (χ0v) is 18.1. The summed E-state index contributed by atoms with van der Waals surface area (Å²) in [5.41, 5.74) is 4.47.